The molecule has 0 spiro atoms. The van der Waals surface area contributed by atoms with Crippen LogP contribution in [0.3, 0.4) is 0 Å². The molecule has 0 unspecified atom stereocenters. The Balaban J connectivity index is 1.75. The summed E-state index contributed by atoms with van der Waals surface area (Å²) in [6.45, 7) is 1.40. The summed E-state index contributed by atoms with van der Waals surface area (Å²) in [7, 11) is 1.68. The number of para-hydroxylation sites is 1. The molecule has 0 radical (unpaired) electrons. The van der Waals surface area contributed by atoms with Gasteiger partial charge in [0.05, 0.1) is 35.3 Å². The Morgan fingerprint density at radius 1 is 1.37 bits per heavy atom. The number of ether oxygens (including phenoxy) is 1. The number of hydrogen-bond acceptors (Lipinski definition) is 5. The first-order chi connectivity index (χ1) is 9.35. The Bertz CT molecular complexity index is 643. The summed E-state index contributed by atoms with van der Waals surface area (Å²) >= 11 is 1.64. The van der Waals surface area contributed by atoms with Crippen LogP contribution in [-0.2, 0) is 11.3 Å². The normalized spacial score (nSPS) is 11.0. The van der Waals surface area contributed by atoms with Crippen LogP contribution in [0.5, 0.6) is 0 Å². The Kier molecular flexibility index (Phi) is 3.43. The zero-order chi connectivity index (χ0) is 13.1. The lowest BCUT2D eigenvalue weighted by Gasteiger charge is -1.99. The third-order valence-electron chi connectivity index (χ3n) is 2.70. The van der Waals surface area contributed by atoms with Gasteiger partial charge in [0.2, 0.25) is 0 Å². The van der Waals surface area contributed by atoms with Crippen molar-refractivity contribution in [2.45, 2.75) is 6.54 Å². The van der Waals surface area contributed by atoms with Gasteiger partial charge in [-0.25, -0.2) is 4.98 Å². The Morgan fingerprint density at radius 2 is 2.26 bits per heavy atom. The highest BCUT2D eigenvalue weighted by Gasteiger charge is 2.04. The van der Waals surface area contributed by atoms with Crippen LogP contribution in [0.25, 0.3) is 10.2 Å². The number of anilines is 2. The molecule has 0 saturated heterocycles. The molecule has 3 aromatic rings. The lowest BCUT2D eigenvalue weighted by Crippen LogP contribution is -2.03. The maximum Gasteiger partial charge on any atom is 0.188 e. The molecular weight excluding hydrogens is 260 g/mol. The molecule has 0 atom stereocenters. The SMILES string of the molecule is COCCn1cc(Nc2nc3ccccc3s2)cn1. The third-order valence-corrected chi connectivity index (χ3v) is 3.65. The minimum Gasteiger partial charge on any atom is -0.383 e. The van der Waals surface area contributed by atoms with Gasteiger partial charge in [-0.15, -0.1) is 0 Å². The van der Waals surface area contributed by atoms with E-state index in [2.05, 4.69) is 21.5 Å². The Hall–Kier alpha value is -1.92. The van der Waals surface area contributed by atoms with Crippen LogP contribution in [0.2, 0.25) is 0 Å². The number of nitrogens with one attached hydrogen (secondary N) is 1. The summed E-state index contributed by atoms with van der Waals surface area (Å²) < 4.78 is 8.05. The highest BCUT2D eigenvalue weighted by Crippen LogP contribution is 2.27. The van der Waals surface area contributed by atoms with Gasteiger partial charge in [0.15, 0.2) is 5.13 Å². The molecule has 0 bridgehead atoms. The monoisotopic (exact) mass is 274 g/mol. The van der Waals surface area contributed by atoms with Crippen LogP contribution in [0.15, 0.2) is 36.7 Å². The van der Waals surface area contributed by atoms with Crippen LogP contribution < -0.4 is 5.32 Å². The predicted octanol–water partition coefficient (Wildman–Crippen LogP) is 2.88. The second kappa shape index (κ2) is 5.38. The van der Waals surface area contributed by atoms with E-state index in [-0.39, 0.29) is 0 Å². The largest absolute Gasteiger partial charge is 0.383 e. The smallest absolute Gasteiger partial charge is 0.188 e. The highest BCUT2D eigenvalue weighted by molar-refractivity contribution is 7.22. The van der Waals surface area contributed by atoms with Crippen LogP contribution in [0, 0.1) is 0 Å². The van der Waals surface area contributed by atoms with Gasteiger partial charge in [-0.3, -0.25) is 4.68 Å². The van der Waals surface area contributed by atoms with Crippen molar-refractivity contribution in [3.05, 3.63) is 36.7 Å². The molecule has 3 rings (SSSR count). The van der Waals surface area contributed by atoms with Gasteiger partial charge >= 0.3 is 0 Å². The fraction of sp³-hybridized carbons (Fsp3) is 0.231. The molecule has 98 valence electrons. The van der Waals surface area contributed by atoms with Gasteiger partial charge in [0, 0.05) is 13.3 Å². The van der Waals surface area contributed by atoms with E-state index < -0.39 is 0 Å². The second-order valence-corrected chi connectivity index (χ2v) is 5.13. The van der Waals surface area contributed by atoms with Gasteiger partial charge < -0.3 is 10.1 Å². The molecule has 0 saturated carbocycles. The van der Waals surface area contributed by atoms with Crippen molar-refractivity contribution >= 4 is 32.4 Å². The number of hydrogen-bond donors (Lipinski definition) is 1. The minimum absolute atomic E-state index is 0.655. The summed E-state index contributed by atoms with van der Waals surface area (Å²) in [5.41, 5.74) is 1.96. The number of benzene rings is 1. The number of rotatable bonds is 5. The zero-order valence-corrected chi connectivity index (χ0v) is 11.4. The first kappa shape index (κ1) is 12.1. The average molecular weight is 274 g/mol. The van der Waals surface area contributed by atoms with Gasteiger partial charge in [-0.1, -0.05) is 23.5 Å². The summed E-state index contributed by atoms with van der Waals surface area (Å²) in [4.78, 5) is 4.53. The first-order valence-corrected chi connectivity index (χ1v) is 6.81. The molecule has 1 N–H and O–H groups in total. The predicted molar refractivity (Wildman–Crippen MR) is 77.0 cm³/mol. The summed E-state index contributed by atoms with van der Waals surface area (Å²) in [6, 6.07) is 8.10. The van der Waals surface area contributed by atoms with E-state index in [1.165, 1.54) is 4.70 Å². The topological polar surface area (TPSA) is 52.0 Å². The fourth-order valence-corrected chi connectivity index (χ4v) is 2.67. The van der Waals surface area contributed by atoms with Crippen LogP contribution in [0.1, 0.15) is 0 Å². The van der Waals surface area contributed by atoms with E-state index in [0.29, 0.717) is 6.61 Å². The van der Waals surface area contributed by atoms with Gasteiger partial charge in [-0.2, -0.15) is 5.10 Å². The van der Waals surface area contributed by atoms with E-state index >= 15 is 0 Å². The fourth-order valence-electron chi connectivity index (χ4n) is 1.78. The molecule has 0 aliphatic carbocycles. The molecule has 0 amide bonds. The number of methoxy groups -OCH3 is 1. The van der Waals surface area contributed by atoms with Crippen molar-refractivity contribution in [1.29, 1.82) is 0 Å². The Morgan fingerprint density at radius 3 is 3.11 bits per heavy atom. The number of aromatic nitrogens is 3. The summed E-state index contributed by atoms with van der Waals surface area (Å²) in [6.07, 6.45) is 3.74. The molecule has 5 nitrogen and oxygen atoms in total. The molecule has 1 aromatic carbocycles. The lowest BCUT2D eigenvalue weighted by molar-refractivity contribution is 0.183. The van der Waals surface area contributed by atoms with E-state index in [1.54, 1.807) is 24.6 Å². The molecule has 2 heterocycles. The highest BCUT2D eigenvalue weighted by atomic mass is 32.1. The van der Waals surface area contributed by atoms with Crippen molar-refractivity contribution in [2.75, 3.05) is 19.0 Å². The number of fused-ring (bicyclic) bond motifs is 1. The third kappa shape index (κ3) is 2.74. The molecule has 2 aromatic heterocycles. The van der Waals surface area contributed by atoms with Crippen molar-refractivity contribution < 1.29 is 4.74 Å². The van der Waals surface area contributed by atoms with E-state index in [9.17, 15) is 0 Å². The van der Waals surface area contributed by atoms with E-state index in [0.717, 1.165) is 22.9 Å². The van der Waals surface area contributed by atoms with Crippen LogP contribution in [0.4, 0.5) is 10.8 Å². The minimum atomic E-state index is 0.655. The summed E-state index contributed by atoms with van der Waals surface area (Å²) in [5.74, 6) is 0. The second-order valence-electron chi connectivity index (χ2n) is 4.10. The first-order valence-electron chi connectivity index (χ1n) is 5.99. The van der Waals surface area contributed by atoms with E-state index in [1.807, 2.05) is 29.1 Å². The lowest BCUT2D eigenvalue weighted by atomic mass is 10.3. The van der Waals surface area contributed by atoms with Crippen molar-refractivity contribution in [1.82, 2.24) is 14.8 Å². The maximum absolute atomic E-state index is 5.02. The Labute approximate surface area is 114 Å². The number of thiazole rings is 1. The van der Waals surface area contributed by atoms with Crippen molar-refractivity contribution in [3.8, 4) is 0 Å². The van der Waals surface area contributed by atoms with E-state index in [4.69, 9.17) is 4.74 Å². The molecular formula is C13H14N4OS. The van der Waals surface area contributed by atoms with Gasteiger partial charge in [-0.05, 0) is 12.1 Å². The molecule has 0 aliphatic rings. The average Bonchev–Trinajstić information content (AvgIpc) is 3.02. The quantitative estimate of drug-likeness (QED) is 0.777. The standard InChI is InChI=1S/C13H14N4OS/c1-18-7-6-17-9-10(8-14-17)15-13-16-11-4-2-3-5-12(11)19-13/h2-5,8-9H,6-7H2,1H3,(H,15,16). The maximum atomic E-state index is 5.02. The molecule has 6 heteroatoms. The molecule has 0 aliphatic heterocycles. The number of nitrogens with zero attached hydrogens (tertiary/aromatic N) is 3. The molecule has 19 heavy (non-hydrogen) atoms. The molecule has 0 fully saturated rings. The zero-order valence-electron chi connectivity index (χ0n) is 10.5. The summed E-state index contributed by atoms with van der Waals surface area (Å²) in [5, 5.41) is 8.41. The van der Waals surface area contributed by atoms with Crippen LogP contribution in [-0.4, -0.2) is 28.5 Å². The van der Waals surface area contributed by atoms with Crippen LogP contribution >= 0.6 is 11.3 Å². The van der Waals surface area contributed by atoms with Gasteiger partial charge in [0.25, 0.3) is 0 Å². The van der Waals surface area contributed by atoms with Crippen molar-refractivity contribution in [3.63, 3.8) is 0 Å². The van der Waals surface area contributed by atoms with Crippen molar-refractivity contribution in [2.24, 2.45) is 0 Å². The van der Waals surface area contributed by atoms with Gasteiger partial charge in [0.1, 0.15) is 0 Å².